The molecule has 7 aromatic carbocycles. The van der Waals surface area contributed by atoms with Crippen molar-refractivity contribution in [3.8, 4) is 0 Å². The Hall–Kier alpha value is -10.6. The van der Waals surface area contributed by atoms with Crippen molar-refractivity contribution in [3.63, 3.8) is 0 Å². The molecule has 7 rings (SSSR count). The number of nitrogens with one attached hydrogen (secondary N) is 6. The van der Waals surface area contributed by atoms with E-state index in [1.807, 2.05) is 12.1 Å². The Bertz CT molecular complexity index is 3400. The van der Waals surface area contributed by atoms with Crippen molar-refractivity contribution in [1.29, 1.82) is 0 Å². The van der Waals surface area contributed by atoms with Gasteiger partial charge in [-0.1, -0.05) is 91.9 Å². The fourth-order valence-electron chi connectivity index (χ4n) is 9.38. The van der Waals surface area contributed by atoms with Crippen LogP contribution in [-0.2, 0) is 78.5 Å². The minimum Gasteiger partial charge on any atom is -0.399 e. The Morgan fingerprint density at radius 2 is 0.412 bits per heavy atom. The van der Waals surface area contributed by atoms with Gasteiger partial charge in [0, 0.05) is 84.3 Å². The predicted molar refractivity (Wildman–Crippen MR) is 332 cm³/mol. The first-order valence-electron chi connectivity index (χ1n) is 27.7. The summed E-state index contributed by atoms with van der Waals surface area (Å²) in [7, 11) is 0. The number of benzene rings is 7. The van der Waals surface area contributed by atoms with Gasteiger partial charge in [0.2, 0.25) is 41.4 Å². The number of nitrogen functional groups attached to an aromatic ring is 7. The van der Waals surface area contributed by atoms with Crippen LogP contribution in [0.4, 0.5) is 39.8 Å². The van der Waals surface area contributed by atoms with Crippen molar-refractivity contribution in [3.05, 3.63) is 209 Å². The van der Waals surface area contributed by atoms with E-state index < -0.39 is 83.5 Å². The highest BCUT2D eigenvalue weighted by atomic mass is 16.2. The van der Waals surface area contributed by atoms with Crippen molar-refractivity contribution in [2.75, 3.05) is 40.1 Å². The maximum Gasteiger partial charge on any atom is 0.243 e. The second kappa shape index (κ2) is 29.4. The van der Waals surface area contributed by atoms with E-state index in [1.54, 1.807) is 165 Å². The average Bonchev–Trinajstić information content (AvgIpc) is 3.67. The van der Waals surface area contributed by atoms with Gasteiger partial charge in [0.1, 0.15) is 36.3 Å². The Morgan fingerprint density at radius 3 is 0.600 bits per heavy atom. The fourth-order valence-corrected chi connectivity index (χ4v) is 9.38. The zero-order chi connectivity index (χ0) is 61.2. The summed E-state index contributed by atoms with van der Waals surface area (Å²) in [5.74, 6) is -5.73. The highest BCUT2D eigenvalue weighted by Gasteiger charge is 2.35. The molecule has 21 nitrogen and oxygen atoms in total. The normalized spacial score (nSPS) is 13.5. The number of nitrogens with two attached hydrogens (primary N) is 8. The first-order chi connectivity index (χ1) is 40.6. The van der Waals surface area contributed by atoms with Crippen LogP contribution in [-0.4, -0.2) is 77.6 Å². The van der Waals surface area contributed by atoms with Crippen LogP contribution in [0.3, 0.4) is 0 Å². The maximum absolute atomic E-state index is 15.1. The molecule has 85 heavy (non-hydrogen) atoms. The molecule has 7 unspecified atom stereocenters. The van der Waals surface area contributed by atoms with Gasteiger partial charge in [0.25, 0.3) is 0 Å². The van der Waals surface area contributed by atoms with E-state index >= 15 is 9.59 Å². The van der Waals surface area contributed by atoms with Gasteiger partial charge in [-0.2, -0.15) is 0 Å². The topological polar surface area (TPSA) is 400 Å². The molecule has 0 aliphatic rings. The number of rotatable bonds is 27. The summed E-state index contributed by atoms with van der Waals surface area (Å²) < 4.78 is 0. The fraction of sp³-hybridized carbons (Fsp3) is 0.234. The van der Waals surface area contributed by atoms with Gasteiger partial charge in [-0.3, -0.25) is 33.6 Å². The molecule has 21 heteroatoms. The second-order valence-electron chi connectivity index (χ2n) is 21.3. The van der Waals surface area contributed by atoms with E-state index in [1.165, 1.54) is 0 Å². The van der Waals surface area contributed by atoms with Gasteiger partial charge in [-0.25, -0.2) is 0 Å². The number of amides is 7. The molecule has 7 amide bonds. The third-order valence-corrected chi connectivity index (χ3v) is 14.3. The highest BCUT2D eigenvalue weighted by Crippen LogP contribution is 2.18. The number of hydrogen-bond acceptors (Lipinski definition) is 14. The molecule has 0 spiro atoms. The maximum atomic E-state index is 15.1. The van der Waals surface area contributed by atoms with E-state index in [-0.39, 0.29) is 38.5 Å². The number of carbonyl (C=O) groups excluding carboxylic acids is 7. The number of hydrogen-bond donors (Lipinski definition) is 14. The summed E-state index contributed by atoms with van der Waals surface area (Å²) >= 11 is 0. The molecule has 22 N–H and O–H groups in total. The lowest BCUT2D eigenvalue weighted by atomic mass is 9.98. The molecular formula is C64H74N14O7. The third kappa shape index (κ3) is 19.3. The summed E-state index contributed by atoms with van der Waals surface area (Å²) in [6.45, 7) is 1.74. The molecule has 0 saturated heterocycles. The smallest absolute Gasteiger partial charge is 0.243 e. The minimum absolute atomic E-state index is 0.0113. The van der Waals surface area contributed by atoms with Crippen LogP contribution in [0.5, 0.6) is 0 Å². The van der Waals surface area contributed by atoms with Gasteiger partial charge >= 0.3 is 0 Å². The van der Waals surface area contributed by atoms with Crippen LogP contribution >= 0.6 is 0 Å². The van der Waals surface area contributed by atoms with Crippen molar-refractivity contribution in [2.24, 2.45) is 11.7 Å². The first-order valence-corrected chi connectivity index (χ1v) is 27.7. The monoisotopic (exact) mass is 1150 g/mol. The van der Waals surface area contributed by atoms with Crippen molar-refractivity contribution < 1.29 is 33.6 Å². The van der Waals surface area contributed by atoms with Crippen LogP contribution in [0.2, 0.25) is 0 Å². The lowest BCUT2D eigenvalue weighted by Gasteiger charge is -2.28. The Balaban J connectivity index is 1.19. The van der Waals surface area contributed by atoms with Crippen molar-refractivity contribution >= 4 is 81.2 Å². The summed E-state index contributed by atoms with van der Waals surface area (Å²) in [4.78, 5) is 101. The second-order valence-corrected chi connectivity index (χ2v) is 21.3. The van der Waals surface area contributed by atoms with Crippen molar-refractivity contribution in [1.82, 2.24) is 31.9 Å². The zero-order valence-electron chi connectivity index (χ0n) is 47.1. The van der Waals surface area contributed by atoms with E-state index in [0.29, 0.717) is 79.6 Å². The predicted octanol–water partition coefficient (Wildman–Crippen LogP) is 2.79. The quantitative estimate of drug-likeness (QED) is 0.0330. The average molecular weight is 1150 g/mol. The number of anilines is 7. The molecule has 0 radical (unpaired) electrons. The Kier molecular flexibility index (Phi) is 21.5. The van der Waals surface area contributed by atoms with E-state index in [9.17, 15) is 24.0 Å². The first kappa shape index (κ1) is 62.0. The summed E-state index contributed by atoms with van der Waals surface area (Å²) in [6, 6.07) is 39.2. The number of carbonyl (C=O) groups is 7. The van der Waals surface area contributed by atoms with Gasteiger partial charge in [-0.05, 0) is 130 Å². The van der Waals surface area contributed by atoms with Crippen LogP contribution < -0.4 is 77.8 Å². The highest BCUT2D eigenvalue weighted by molar-refractivity contribution is 5.97. The van der Waals surface area contributed by atoms with Gasteiger partial charge in [0.05, 0.1) is 0 Å². The molecule has 0 aliphatic carbocycles. The Morgan fingerprint density at radius 1 is 0.259 bits per heavy atom. The van der Waals surface area contributed by atoms with Gasteiger partial charge in [0.15, 0.2) is 0 Å². The summed E-state index contributed by atoms with van der Waals surface area (Å²) in [5, 5.41) is 17.0. The van der Waals surface area contributed by atoms with E-state index in [4.69, 9.17) is 45.9 Å². The van der Waals surface area contributed by atoms with Gasteiger partial charge in [-0.15, -0.1) is 0 Å². The van der Waals surface area contributed by atoms with E-state index in [2.05, 4.69) is 31.9 Å². The molecule has 0 heterocycles. The molecule has 0 saturated carbocycles. The molecule has 0 fully saturated rings. The summed E-state index contributed by atoms with van der Waals surface area (Å²) in [5.41, 5.74) is 55.6. The van der Waals surface area contributed by atoms with Crippen LogP contribution in [0.25, 0.3) is 0 Å². The lowest BCUT2D eigenvalue weighted by molar-refractivity contribution is -0.135. The SMILES string of the molecule is CC(Cc1ccc(N)cc1)C(=O)NC(Cc1ccc(N)cc1)C(=O)NC(Cc1ccc(N)cc1)C(=O)NC(Cc1ccc(N)cc1)C(=O)NC(Cc1ccc(N)cc1)C(=O)NC(Cc1ccc(N)cc1)C(=O)NC(Cc1ccc(N)cc1)C(N)=O. The molecule has 0 aromatic heterocycles. The van der Waals surface area contributed by atoms with Crippen LogP contribution in [0.15, 0.2) is 170 Å². The number of primary amides is 1. The summed E-state index contributed by atoms with van der Waals surface area (Å²) in [6.07, 6.45) is -0.0841. The third-order valence-electron chi connectivity index (χ3n) is 14.3. The van der Waals surface area contributed by atoms with E-state index in [0.717, 1.165) is 5.56 Å². The van der Waals surface area contributed by atoms with Crippen LogP contribution in [0.1, 0.15) is 45.9 Å². The largest absolute Gasteiger partial charge is 0.399 e. The van der Waals surface area contributed by atoms with Crippen LogP contribution in [0, 0.1) is 5.92 Å². The molecule has 7 atom stereocenters. The standard InChI is InChI=1S/C64H74N14O7/c1-37(30-38-2-16-45(65)17-3-38)59(80)74-53(32-40-6-20-47(67)21-7-40)61(82)76-55(34-42-10-24-49(69)25-11-42)63(84)78-57(36-44-14-28-51(71)29-15-44)64(85)77-56(35-43-12-26-50(70)27-13-43)62(83)75-54(33-41-8-22-48(68)23-9-41)60(81)73-52(58(72)79)31-39-4-18-46(66)19-5-39/h2-29,37,52-57H,30-36,65-71H2,1H3,(H2,72,79)(H,73,81)(H,74,80)(H,75,83)(H,76,82)(H,77,85)(H,78,84). The zero-order valence-corrected chi connectivity index (χ0v) is 47.1. The van der Waals surface area contributed by atoms with Crippen molar-refractivity contribution in [2.45, 2.75) is 88.1 Å². The molecule has 0 aliphatic heterocycles. The van der Waals surface area contributed by atoms with Gasteiger partial charge < -0.3 is 77.8 Å². The molecule has 7 aromatic rings. The lowest BCUT2D eigenvalue weighted by Crippen LogP contribution is -2.61. The Labute approximate surface area is 493 Å². The molecular weight excluding hydrogens is 1080 g/mol. The minimum atomic E-state index is -1.43. The molecule has 442 valence electrons. The molecule has 0 bridgehead atoms.